The van der Waals surface area contributed by atoms with Crippen molar-refractivity contribution in [3.8, 4) is 17.0 Å². The van der Waals surface area contributed by atoms with Crippen LogP contribution in [0.3, 0.4) is 0 Å². The first-order chi connectivity index (χ1) is 12.6. The lowest BCUT2D eigenvalue weighted by Gasteiger charge is -2.16. The van der Waals surface area contributed by atoms with E-state index in [1.165, 1.54) is 19.2 Å². The summed E-state index contributed by atoms with van der Waals surface area (Å²) in [6, 6.07) is 8.36. The summed E-state index contributed by atoms with van der Waals surface area (Å²) in [5.74, 6) is -0.572. The van der Waals surface area contributed by atoms with Gasteiger partial charge in [-0.2, -0.15) is 0 Å². The molecule has 0 spiro atoms. The Morgan fingerprint density at radius 3 is 2.50 bits per heavy atom. The van der Waals surface area contributed by atoms with Gasteiger partial charge in [-0.3, -0.25) is 4.40 Å². The summed E-state index contributed by atoms with van der Waals surface area (Å²) in [4.78, 5) is 4.54. The van der Waals surface area contributed by atoms with Gasteiger partial charge in [0.25, 0.3) is 0 Å². The number of anilines is 1. The fourth-order valence-electron chi connectivity index (χ4n) is 3.72. The number of methoxy groups -OCH3 is 1. The molecule has 0 unspecified atom stereocenters. The Balaban J connectivity index is 1.93. The van der Waals surface area contributed by atoms with E-state index in [1.807, 2.05) is 29.5 Å². The molecular formula is C20H21F2N3O. The van der Waals surface area contributed by atoms with Gasteiger partial charge in [-0.15, -0.1) is 0 Å². The molecule has 0 bridgehead atoms. The van der Waals surface area contributed by atoms with E-state index >= 15 is 0 Å². The third-order valence-corrected chi connectivity index (χ3v) is 5.02. The minimum Gasteiger partial charge on any atom is -0.497 e. The predicted molar refractivity (Wildman–Crippen MR) is 97.7 cm³/mol. The Labute approximate surface area is 150 Å². The smallest absolute Gasteiger partial charge is 0.139 e. The van der Waals surface area contributed by atoms with Gasteiger partial charge in [0.1, 0.15) is 34.5 Å². The molecule has 4 nitrogen and oxygen atoms in total. The molecule has 0 aliphatic heterocycles. The highest BCUT2D eigenvalue weighted by atomic mass is 19.1. The molecule has 1 N–H and O–H groups in total. The SMILES string of the molecule is COc1cc(F)c(-c2nc3cccc(C)n3c2NC2CCCC2)c(F)c1. The van der Waals surface area contributed by atoms with Crippen LogP contribution in [0.4, 0.5) is 14.6 Å². The van der Waals surface area contributed by atoms with Gasteiger partial charge in [0.05, 0.1) is 12.7 Å². The summed E-state index contributed by atoms with van der Waals surface area (Å²) in [7, 11) is 1.38. The monoisotopic (exact) mass is 357 g/mol. The average molecular weight is 357 g/mol. The van der Waals surface area contributed by atoms with Gasteiger partial charge in [0.15, 0.2) is 0 Å². The average Bonchev–Trinajstić information content (AvgIpc) is 3.24. The molecule has 1 aliphatic carbocycles. The molecule has 26 heavy (non-hydrogen) atoms. The van der Waals surface area contributed by atoms with Crippen LogP contribution >= 0.6 is 0 Å². The predicted octanol–water partition coefficient (Wildman–Crippen LogP) is 4.95. The molecule has 0 amide bonds. The summed E-state index contributed by atoms with van der Waals surface area (Å²) in [5.41, 5.74) is 1.78. The van der Waals surface area contributed by atoms with Crippen molar-refractivity contribution >= 4 is 11.5 Å². The van der Waals surface area contributed by atoms with Gasteiger partial charge in [-0.1, -0.05) is 18.9 Å². The Morgan fingerprint density at radius 2 is 1.85 bits per heavy atom. The van der Waals surface area contributed by atoms with E-state index in [4.69, 9.17) is 4.74 Å². The Hall–Kier alpha value is -2.63. The number of nitrogens with one attached hydrogen (secondary N) is 1. The number of halogens is 2. The molecule has 0 radical (unpaired) electrons. The minimum absolute atomic E-state index is 0.130. The van der Waals surface area contributed by atoms with Crippen LogP contribution < -0.4 is 10.1 Å². The van der Waals surface area contributed by atoms with E-state index in [2.05, 4.69) is 10.3 Å². The fourth-order valence-corrected chi connectivity index (χ4v) is 3.72. The van der Waals surface area contributed by atoms with Crippen molar-refractivity contribution in [1.29, 1.82) is 0 Å². The van der Waals surface area contributed by atoms with Crippen molar-refractivity contribution in [3.63, 3.8) is 0 Å². The van der Waals surface area contributed by atoms with Gasteiger partial charge in [-0.25, -0.2) is 13.8 Å². The van der Waals surface area contributed by atoms with Crippen molar-refractivity contribution in [2.45, 2.75) is 38.6 Å². The molecule has 1 fully saturated rings. The fraction of sp³-hybridized carbons (Fsp3) is 0.350. The molecule has 3 aromatic rings. The lowest BCUT2D eigenvalue weighted by Crippen LogP contribution is -2.17. The van der Waals surface area contributed by atoms with E-state index in [0.717, 1.165) is 31.4 Å². The highest BCUT2D eigenvalue weighted by Gasteiger charge is 2.25. The summed E-state index contributed by atoms with van der Waals surface area (Å²) >= 11 is 0. The number of aryl methyl sites for hydroxylation is 1. The van der Waals surface area contributed by atoms with Crippen LogP contribution in [0.15, 0.2) is 30.3 Å². The van der Waals surface area contributed by atoms with Crippen LogP contribution in [0.25, 0.3) is 16.9 Å². The number of hydrogen-bond acceptors (Lipinski definition) is 3. The molecule has 0 saturated heterocycles. The van der Waals surface area contributed by atoms with Crippen molar-refractivity contribution in [3.05, 3.63) is 47.7 Å². The highest BCUT2D eigenvalue weighted by Crippen LogP contribution is 2.36. The third kappa shape index (κ3) is 2.79. The van der Waals surface area contributed by atoms with Crippen LogP contribution in [0.5, 0.6) is 5.75 Å². The Morgan fingerprint density at radius 1 is 1.15 bits per heavy atom. The number of hydrogen-bond donors (Lipinski definition) is 1. The number of nitrogens with zero attached hydrogens (tertiary/aromatic N) is 2. The van der Waals surface area contributed by atoms with E-state index < -0.39 is 11.6 Å². The summed E-state index contributed by atoms with van der Waals surface area (Å²) in [5, 5.41) is 3.49. The molecule has 136 valence electrons. The van der Waals surface area contributed by atoms with Crippen LogP contribution in [-0.2, 0) is 0 Å². The third-order valence-electron chi connectivity index (χ3n) is 5.02. The van der Waals surface area contributed by atoms with Gasteiger partial charge in [-0.05, 0) is 31.9 Å². The van der Waals surface area contributed by atoms with Crippen LogP contribution in [-0.4, -0.2) is 22.5 Å². The zero-order valence-corrected chi connectivity index (χ0v) is 14.9. The van der Waals surface area contributed by atoms with Gasteiger partial charge in [0, 0.05) is 23.9 Å². The zero-order valence-electron chi connectivity index (χ0n) is 14.9. The molecule has 1 aromatic carbocycles. The number of fused-ring (bicyclic) bond motifs is 1. The summed E-state index contributed by atoms with van der Waals surface area (Å²) in [6.45, 7) is 1.96. The van der Waals surface area contributed by atoms with Crippen LogP contribution in [0.2, 0.25) is 0 Å². The first-order valence-corrected chi connectivity index (χ1v) is 8.86. The van der Waals surface area contributed by atoms with E-state index in [-0.39, 0.29) is 17.4 Å². The van der Waals surface area contributed by atoms with Crippen LogP contribution in [0, 0.1) is 18.6 Å². The van der Waals surface area contributed by atoms with Crippen molar-refractivity contribution < 1.29 is 13.5 Å². The summed E-state index contributed by atoms with van der Waals surface area (Å²) < 4.78 is 36.3. The maximum Gasteiger partial charge on any atom is 0.139 e. The quantitative estimate of drug-likeness (QED) is 0.718. The van der Waals surface area contributed by atoms with E-state index in [9.17, 15) is 8.78 Å². The lowest BCUT2D eigenvalue weighted by molar-refractivity contribution is 0.407. The second-order valence-corrected chi connectivity index (χ2v) is 6.76. The first kappa shape index (κ1) is 16.8. The lowest BCUT2D eigenvalue weighted by atomic mass is 10.1. The molecule has 1 aliphatic rings. The molecule has 6 heteroatoms. The largest absolute Gasteiger partial charge is 0.497 e. The van der Waals surface area contributed by atoms with E-state index in [0.29, 0.717) is 17.2 Å². The molecule has 1 saturated carbocycles. The summed E-state index contributed by atoms with van der Waals surface area (Å²) in [6.07, 6.45) is 4.42. The normalized spacial score (nSPS) is 14.9. The second kappa shape index (κ2) is 6.59. The molecule has 2 aromatic heterocycles. The number of rotatable bonds is 4. The number of benzene rings is 1. The maximum absolute atomic E-state index is 14.7. The Bertz CT molecular complexity index is 938. The van der Waals surface area contributed by atoms with Gasteiger partial charge < -0.3 is 10.1 Å². The number of aromatic nitrogens is 2. The Kier molecular flexibility index (Phi) is 4.26. The number of pyridine rings is 1. The van der Waals surface area contributed by atoms with Gasteiger partial charge >= 0.3 is 0 Å². The molecule has 4 rings (SSSR count). The molecule has 0 atom stereocenters. The zero-order chi connectivity index (χ0) is 18.3. The minimum atomic E-state index is -0.683. The van der Waals surface area contributed by atoms with Crippen LogP contribution in [0.1, 0.15) is 31.4 Å². The van der Waals surface area contributed by atoms with Crippen molar-refractivity contribution in [2.24, 2.45) is 0 Å². The topological polar surface area (TPSA) is 38.6 Å². The van der Waals surface area contributed by atoms with Crippen molar-refractivity contribution in [1.82, 2.24) is 9.38 Å². The highest BCUT2D eigenvalue weighted by molar-refractivity contribution is 5.78. The van der Waals surface area contributed by atoms with E-state index in [1.54, 1.807) is 0 Å². The standard InChI is InChI=1S/C20H21F2N3O/c1-12-6-5-9-17-24-19(18-15(21)10-14(26-2)11-16(18)22)20(25(12)17)23-13-7-3-4-8-13/h5-6,9-11,13,23H,3-4,7-8H2,1-2H3. The first-order valence-electron chi connectivity index (χ1n) is 8.86. The van der Waals surface area contributed by atoms with Gasteiger partial charge in [0.2, 0.25) is 0 Å². The van der Waals surface area contributed by atoms with Crippen molar-refractivity contribution in [2.75, 3.05) is 12.4 Å². The second-order valence-electron chi connectivity index (χ2n) is 6.76. The molecular weight excluding hydrogens is 336 g/mol. The maximum atomic E-state index is 14.7. The number of imidazole rings is 1. The molecule has 2 heterocycles. The number of ether oxygens (including phenoxy) is 1.